The molecule has 100 valence electrons. The second-order valence-corrected chi connectivity index (χ2v) is 6.13. The maximum atomic E-state index is 6.08. The van der Waals surface area contributed by atoms with Gasteiger partial charge in [0.15, 0.2) is 0 Å². The number of anilines is 1. The average Bonchev–Trinajstić information content (AvgIpc) is 3.04. The number of benzene rings is 1. The van der Waals surface area contributed by atoms with Gasteiger partial charge in [-0.2, -0.15) is 0 Å². The quantitative estimate of drug-likeness (QED) is 0.882. The van der Waals surface area contributed by atoms with Crippen LogP contribution in [0.25, 0.3) is 5.69 Å². The maximum absolute atomic E-state index is 6.08. The summed E-state index contributed by atoms with van der Waals surface area (Å²) in [7, 11) is 0. The molecule has 1 saturated carbocycles. The van der Waals surface area contributed by atoms with Gasteiger partial charge in [0, 0.05) is 27.9 Å². The zero-order valence-electron chi connectivity index (χ0n) is 10.4. The van der Waals surface area contributed by atoms with Gasteiger partial charge < -0.3 is 5.32 Å². The summed E-state index contributed by atoms with van der Waals surface area (Å²) >= 11 is 9.65. The van der Waals surface area contributed by atoms with Gasteiger partial charge in [-0.25, -0.2) is 4.98 Å². The van der Waals surface area contributed by atoms with Crippen LogP contribution in [0.4, 0.5) is 5.95 Å². The third-order valence-corrected chi connectivity index (χ3v) is 4.40. The molecule has 0 amide bonds. The van der Waals surface area contributed by atoms with Crippen molar-refractivity contribution in [3.63, 3.8) is 0 Å². The molecule has 1 fully saturated rings. The van der Waals surface area contributed by atoms with Gasteiger partial charge in [-0.1, -0.05) is 24.4 Å². The number of rotatable bonds is 3. The zero-order valence-corrected chi connectivity index (χ0v) is 12.8. The summed E-state index contributed by atoms with van der Waals surface area (Å²) in [6, 6.07) is 6.31. The van der Waals surface area contributed by atoms with Crippen molar-refractivity contribution in [3.05, 3.63) is 40.1 Å². The Morgan fingerprint density at radius 2 is 2.11 bits per heavy atom. The van der Waals surface area contributed by atoms with Crippen molar-refractivity contribution in [1.82, 2.24) is 9.55 Å². The van der Waals surface area contributed by atoms with Gasteiger partial charge >= 0.3 is 0 Å². The minimum Gasteiger partial charge on any atom is -0.353 e. The molecule has 1 aliphatic carbocycles. The monoisotopic (exact) mass is 339 g/mol. The lowest BCUT2D eigenvalue weighted by Crippen LogP contribution is -2.17. The molecule has 19 heavy (non-hydrogen) atoms. The zero-order chi connectivity index (χ0) is 13.2. The first kappa shape index (κ1) is 13.0. The van der Waals surface area contributed by atoms with Crippen molar-refractivity contribution < 1.29 is 0 Å². The molecule has 1 aliphatic rings. The molecular formula is C14H15BrClN3. The predicted molar refractivity (Wildman–Crippen MR) is 82.2 cm³/mol. The van der Waals surface area contributed by atoms with Crippen molar-refractivity contribution in [2.24, 2.45) is 0 Å². The third kappa shape index (κ3) is 2.79. The number of nitrogens with one attached hydrogen (secondary N) is 1. The highest BCUT2D eigenvalue weighted by Gasteiger charge is 2.17. The van der Waals surface area contributed by atoms with Gasteiger partial charge in [0.2, 0.25) is 5.95 Å². The summed E-state index contributed by atoms with van der Waals surface area (Å²) in [6.45, 7) is 0. The first-order chi connectivity index (χ1) is 9.24. The van der Waals surface area contributed by atoms with Gasteiger partial charge in [0.25, 0.3) is 0 Å². The Morgan fingerprint density at radius 3 is 2.89 bits per heavy atom. The number of nitrogens with zero attached hydrogens (tertiary/aromatic N) is 2. The lowest BCUT2D eigenvalue weighted by molar-refractivity contribution is 0.740. The summed E-state index contributed by atoms with van der Waals surface area (Å²) in [4.78, 5) is 4.41. The molecule has 0 unspecified atom stereocenters. The molecule has 5 heteroatoms. The van der Waals surface area contributed by atoms with Crippen LogP contribution >= 0.6 is 27.5 Å². The van der Waals surface area contributed by atoms with Crippen LogP contribution in [0.15, 0.2) is 35.1 Å². The molecule has 0 spiro atoms. The van der Waals surface area contributed by atoms with Crippen LogP contribution in [0.5, 0.6) is 0 Å². The lowest BCUT2D eigenvalue weighted by Gasteiger charge is -2.15. The van der Waals surface area contributed by atoms with Crippen LogP contribution < -0.4 is 5.32 Å². The van der Waals surface area contributed by atoms with Crippen molar-refractivity contribution in [2.45, 2.75) is 31.7 Å². The van der Waals surface area contributed by atoms with Crippen LogP contribution in [0.1, 0.15) is 25.7 Å². The van der Waals surface area contributed by atoms with E-state index in [4.69, 9.17) is 11.6 Å². The largest absolute Gasteiger partial charge is 0.353 e. The van der Waals surface area contributed by atoms with E-state index in [2.05, 4.69) is 26.2 Å². The van der Waals surface area contributed by atoms with Crippen LogP contribution in [0.3, 0.4) is 0 Å². The number of aromatic nitrogens is 2. The molecule has 1 aromatic heterocycles. The maximum Gasteiger partial charge on any atom is 0.207 e. The van der Waals surface area contributed by atoms with Gasteiger partial charge in [-0.05, 0) is 47.0 Å². The Balaban J connectivity index is 1.92. The fourth-order valence-electron chi connectivity index (χ4n) is 2.53. The molecule has 2 aromatic rings. The van der Waals surface area contributed by atoms with Gasteiger partial charge in [-0.15, -0.1) is 0 Å². The van der Waals surface area contributed by atoms with Gasteiger partial charge in [-0.3, -0.25) is 4.57 Å². The number of hydrogen-bond acceptors (Lipinski definition) is 2. The van der Waals surface area contributed by atoms with Crippen LogP contribution in [-0.4, -0.2) is 15.6 Å². The van der Waals surface area contributed by atoms with Crippen LogP contribution in [0.2, 0.25) is 5.02 Å². The first-order valence-corrected chi connectivity index (χ1v) is 7.66. The van der Waals surface area contributed by atoms with Crippen molar-refractivity contribution in [3.8, 4) is 5.69 Å². The molecular weight excluding hydrogens is 326 g/mol. The number of halogens is 2. The lowest BCUT2D eigenvalue weighted by atomic mass is 10.2. The van der Waals surface area contributed by atoms with E-state index >= 15 is 0 Å². The van der Waals surface area contributed by atoms with Crippen molar-refractivity contribution >= 4 is 33.5 Å². The van der Waals surface area contributed by atoms with E-state index in [-0.39, 0.29) is 0 Å². The summed E-state index contributed by atoms with van der Waals surface area (Å²) < 4.78 is 3.04. The van der Waals surface area contributed by atoms with Crippen LogP contribution in [-0.2, 0) is 0 Å². The molecule has 3 rings (SSSR count). The molecule has 0 bridgehead atoms. The number of imidazole rings is 1. The highest BCUT2D eigenvalue weighted by atomic mass is 79.9. The summed E-state index contributed by atoms with van der Waals surface area (Å²) in [5.41, 5.74) is 1.01. The smallest absolute Gasteiger partial charge is 0.207 e. The minimum atomic E-state index is 0.541. The molecule has 0 atom stereocenters. The fourth-order valence-corrected chi connectivity index (χ4v) is 3.13. The van der Waals surface area contributed by atoms with E-state index < -0.39 is 0 Å². The highest BCUT2D eigenvalue weighted by Crippen LogP contribution is 2.28. The van der Waals surface area contributed by atoms with Gasteiger partial charge in [0.1, 0.15) is 0 Å². The van der Waals surface area contributed by atoms with E-state index in [1.54, 1.807) is 0 Å². The van der Waals surface area contributed by atoms with Crippen molar-refractivity contribution in [1.29, 1.82) is 0 Å². The second kappa shape index (κ2) is 5.55. The number of hydrogen-bond donors (Lipinski definition) is 1. The molecule has 1 N–H and O–H groups in total. The average molecular weight is 341 g/mol. The Morgan fingerprint density at radius 1 is 1.32 bits per heavy atom. The molecule has 0 aliphatic heterocycles. The SMILES string of the molecule is Clc1ccc(Br)c(-n2ccnc2NC2CCCC2)c1. The topological polar surface area (TPSA) is 29.9 Å². The van der Waals surface area contributed by atoms with Gasteiger partial charge in [0.05, 0.1) is 5.69 Å². The third-order valence-electron chi connectivity index (χ3n) is 3.50. The Labute approximate surface area is 126 Å². The fraction of sp³-hybridized carbons (Fsp3) is 0.357. The normalized spacial score (nSPS) is 15.9. The highest BCUT2D eigenvalue weighted by molar-refractivity contribution is 9.10. The minimum absolute atomic E-state index is 0.541. The predicted octanol–water partition coefficient (Wildman–Crippen LogP) is 4.64. The van der Waals surface area contributed by atoms with E-state index in [1.807, 2.05) is 35.2 Å². The Kier molecular flexibility index (Phi) is 3.80. The van der Waals surface area contributed by atoms with E-state index in [0.717, 1.165) is 21.1 Å². The second-order valence-electron chi connectivity index (χ2n) is 4.84. The molecule has 0 radical (unpaired) electrons. The first-order valence-electron chi connectivity index (χ1n) is 6.49. The van der Waals surface area contributed by atoms with E-state index in [9.17, 15) is 0 Å². The molecule has 0 saturated heterocycles. The van der Waals surface area contributed by atoms with E-state index in [1.165, 1.54) is 25.7 Å². The Hall–Kier alpha value is -1.00. The van der Waals surface area contributed by atoms with Crippen molar-refractivity contribution in [2.75, 3.05) is 5.32 Å². The molecule has 3 nitrogen and oxygen atoms in total. The Bertz CT molecular complexity index is 576. The summed E-state index contributed by atoms with van der Waals surface area (Å²) in [6.07, 6.45) is 8.82. The standard InChI is InChI=1S/C14H15BrClN3/c15-12-6-5-10(16)9-13(12)19-8-7-17-14(19)18-11-3-1-2-4-11/h5-9,11H,1-4H2,(H,17,18). The summed E-state index contributed by atoms with van der Waals surface area (Å²) in [5, 5.41) is 4.24. The van der Waals surface area contributed by atoms with Crippen LogP contribution in [0, 0.1) is 0 Å². The summed E-state index contributed by atoms with van der Waals surface area (Å²) in [5.74, 6) is 0.884. The van der Waals surface area contributed by atoms with E-state index in [0.29, 0.717) is 6.04 Å². The molecule has 1 aromatic carbocycles. The molecule has 1 heterocycles.